The number of ether oxygens (including phenoxy) is 1. The van der Waals surface area contributed by atoms with Gasteiger partial charge in [0.25, 0.3) is 6.43 Å². The molecule has 6 nitrogen and oxygen atoms in total. The second-order valence-electron chi connectivity index (χ2n) is 4.35. The van der Waals surface area contributed by atoms with E-state index in [0.29, 0.717) is 24.7 Å². The van der Waals surface area contributed by atoms with E-state index >= 15 is 0 Å². The molecular formula is C11H18F2N4O2. The summed E-state index contributed by atoms with van der Waals surface area (Å²) in [6, 6.07) is 0. The number of hydrogen-bond acceptors (Lipinski definition) is 6. The van der Waals surface area contributed by atoms with Gasteiger partial charge in [0.05, 0.1) is 19.6 Å². The Morgan fingerprint density at radius 2 is 2.16 bits per heavy atom. The molecule has 19 heavy (non-hydrogen) atoms. The lowest BCUT2D eigenvalue weighted by Gasteiger charge is -2.25. The van der Waals surface area contributed by atoms with Gasteiger partial charge >= 0.3 is 0 Å². The largest absolute Gasteiger partial charge is 0.375 e. The molecule has 1 saturated heterocycles. The van der Waals surface area contributed by atoms with E-state index in [9.17, 15) is 8.78 Å². The highest BCUT2D eigenvalue weighted by molar-refractivity contribution is 4.87. The van der Waals surface area contributed by atoms with Crippen LogP contribution in [0.4, 0.5) is 8.78 Å². The molecule has 0 atom stereocenters. The molecule has 1 aromatic rings. The monoisotopic (exact) mass is 276 g/mol. The number of piperazine rings is 1. The minimum atomic E-state index is -2.44. The average Bonchev–Trinajstić information content (AvgIpc) is 2.83. The smallest absolute Gasteiger partial charge is 0.261 e. The van der Waals surface area contributed by atoms with Crippen LogP contribution in [-0.2, 0) is 17.7 Å². The van der Waals surface area contributed by atoms with Crippen molar-refractivity contribution in [1.82, 2.24) is 20.4 Å². The van der Waals surface area contributed by atoms with Gasteiger partial charge in [0.2, 0.25) is 5.89 Å². The van der Waals surface area contributed by atoms with Gasteiger partial charge in [-0.25, -0.2) is 8.78 Å². The molecule has 0 bridgehead atoms. The number of aromatic nitrogens is 2. The fourth-order valence-corrected chi connectivity index (χ4v) is 1.86. The van der Waals surface area contributed by atoms with E-state index in [1.165, 1.54) is 0 Å². The van der Waals surface area contributed by atoms with E-state index in [1.54, 1.807) is 0 Å². The Bertz CT molecular complexity index is 369. The van der Waals surface area contributed by atoms with Crippen LogP contribution in [-0.4, -0.2) is 60.9 Å². The van der Waals surface area contributed by atoms with Crippen LogP contribution in [0, 0.1) is 0 Å². The number of rotatable bonds is 7. The molecule has 2 rings (SSSR count). The molecule has 1 fully saturated rings. The summed E-state index contributed by atoms with van der Waals surface area (Å²) in [7, 11) is 0. The molecule has 1 N–H and O–H groups in total. The normalized spacial score (nSPS) is 17.2. The Morgan fingerprint density at radius 3 is 2.89 bits per heavy atom. The van der Waals surface area contributed by atoms with E-state index < -0.39 is 13.0 Å². The standard InChI is InChI=1S/C11H18F2N4O2/c12-9(13)8-18-6-1-11-15-10(16-19-11)7-17-4-2-14-3-5-17/h9,14H,1-8H2. The Labute approximate surface area is 110 Å². The number of nitrogens with zero attached hydrogens (tertiary/aromatic N) is 3. The molecule has 0 spiro atoms. The topological polar surface area (TPSA) is 63.4 Å². The Kier molecular flexibility index (Phi) is 5.62. The number of nitrogens with one attached hydrogen (secondary N) is 1. The first-order valence-corrected chi connectivity index (χ1v) is 6.34. The highest BCUT2D eigenvalue weighted by atomic mass is 19.3. The van der Waals surface area contributed by atoms with Crippen molar-refractivity contribution >= 4 is 0 Å². The fraction of sp³-hybridized carbons (Fsp3) is 0.818. The Balaban J connectivity index is 1.69. The van der Waals surface area contributed by atoms with Crippen LogP contribution in [0.1, 0.15) is 11.7 Å². The first kappa shape index (κ1) is 14.3. The van der Waals surface area contributed by atoms with Crippen molar-refractivity contribution in [3.05, 3.63) is 11.7 Å². The van der Waals surface area contributed by atoms with Crippen LogP contribution in [0.15, 0.2) is 4.52 Å². The SMILES string of the molecule is FC(F)COCCc1nc(CN2CCNCC2)no1. The number of halogens is 2. The van der Waals surface area contributed by atoms with Gasteiger partial charge in [-0.15, -0.1) is 0 Å². The molecule has 0 unspecified atom stereocenters. The van der Waals surface area contributed by atoms with Crippen LogP contribution >= 0.6 is 0 Å². The zero-order valence-corrected chi connectivity index (χ0v) is 10.6. The lowest BCUT2D eigenvalue weighted by Crippen LogP contribution is -2.43. The predicted octanol–water partition coefficient (Wildman–Crippen LogP) is 0.299. The molecule has 1 aliphatic rings. The van der Waals surface area contributed by atoms with E-state index in [2.05, 4.69) is 20.4 Å². The number of hydrogen-bond donors (Lipinski definition) is 1. The maximum absolute atomic E-state index is 11.8. The zero-order valence-electron chi connectivity index (χ0n) is 10.6. The molecule has 108 valence electrons. The van der Waals surface area contributed by atoms with Crippen molar-refractivity contribution in [2.24, 2.45) is 0 Å². The molecule has 0 saturated carbocycles. The number of alkyl halides is 2. The summed E-state index contributed by atoms with van der Waals surface area (Å²) in [5, 5.41) is 7.14. The van der Waals surface area contributed by atoms with E-state index in [1.807, 2.05) is 0 Å². The van der Waals surface area contributed by atoms with Gasteiger partial charge in [-0.1, -0.05) is 5.16 Å². The highest BCUT2D eigenvalue weighted by Gasteiger charge is 2.14. The average molecular weight is 276 g/mol. The van der Waals surface area contributed by atoms with Crippen LogP contribution in [0.2, 0.25) is 0 Å². The van der Waals surface area contributed by atoms with Crippen LogP contribution < -0.4 is 5.32 Å². The summed E-state index contributed by atoms with van der Waals surface area (Å²) in [6.07, 6.45) is -2.08. The second kappa shape index (κ2) is 7.46. The Morgan fingerprint density at radius 1 is 1.37 bits per heavy atom. The molecular weight excluding hydrogens is 258 g/mol. The Hall–Kier alpha value is -1.12. The molecule has 0 radical (unpaired) electrons. The van der Waals surface area contributed by atoms with Gasteiger partial charge in [-0.3, -0.25) is 4.90 Å². The molecule has 2 heterocycles. The van der Waals surface area contributed by atoms with Crippen molar-refractivity contribution in [3.8, 4) is 0 Å². The van der Waals surface area contributed by atoms with Gasteiger partial charge in [-0.2, -0.15) is 4.98 Å². The van der Waals surface area contributed by atoms with Crippen molar-refractivity contribution in [3.63, 3.8) is 0 Å². The van der Waals surface area contributed by atoms with Gasteiger partial charge in [0.1, 0.15) is 6.61 Å². The third-order valence-electron chi connectivity index (χ3n) is 2.79. The summed E-state index contributed by atoms with van der Waals surface area (Å²) < 4.78 is 33.5. The van der Waals surface area contributed by atoms with Crippen molar-refractivity contribution in [2.45, 2.75) is 19.4 Å². The zero-order chi connectivity index (χ0) is 13.5. The van der Waals surface area contributed by atoms with Crippen LogP contribution in [0.3, 0.4) is 0 Å². The molecule has 0 aliphatic carbocycles. The summed E-state index contributed by atoms with van der Waals surface area (Å²) in [6.45, 7) is 4.12. The summed E-state index contributed by atoms with van der Waals surface area (Å²) in [5.74, 6) is 1.06. The fourth-order valence-electron chi connectivity index (χ4n) is 1.86. The van der Waals surface area contributed by atoms with E-state index in [0.717, 1.165) is 26.2 Å². The van der Waals surface area contributed by atoms with Crippen LogP contribution in [0.5, 0.6) is 0 Å². The van der Waals surface area contributed by atoms with Gasteiger partial charge in [0.15, 0.2) is 5.82 Å². The van der Waals surface area contributed by atoms with E-state index in [4.69, 9.17) is 9.26 Å². The summed E-state index contributed by atoms with van der Waals surface area (Å²) in [4.78, 5) is 6.45. The van der Waals surface area contributed by atoms with Gasteiger partial charge in [-0.05, 0) is 0 Å². The third kappa shape index (κ3) is 5.17. The molecule has 1 aromatic heterocycles. The molecule has 0 aromatic carbocycles. The van der Waals surface area contributed by atoms with Gasteiger partial charge in [0, 0.05) is 26.2 Å². The third-order valence-corrected chi connectivity index (χ3v) is 2.79. The highest BCUT2D eigenvalue weighted by Crippen LogP contribution is 2.04. The molecule has 8 heteroatoms. The lowest BCUT2D eigenvalue weighted by molar-refractivity contribution is 0.0171. The first-order chi connectivity index (χ1) is 9.24. The quantitative estimate of drug-likeness (QED) is 0.723. The van der Waals surface area contributed by atoms with E-state index in [-0.39, 0.29) is 6.61 Å². The molecule has 0 amide bonds. The summed E-state index contributed by atoms with van der Waals surface area (Å²) in [5.41, 5.74) is 0. The molecule has 1 aliphatic heterocycles. The maximum atomic E-state index is 11.8. The minimum Gasteiger partial charge on any atom is -0.375 e. The second-order valence-corrected chi connectivity index (χ2v) is 4.35. The van der Waals surface area contributed by atoms with Crippen LogP contribution in [0.25, 0.3) is 0 Å². The lowest BCUT2D eigenvalue weighted by atomic mass is 10.3. The first-order valence-electron chi connectivity index (χ1n) is 6.34. The summed E-state index contributed by atoms with van der Waals surface area (Å²) >= 11 is 0. The maximum Gasteiger partial charge on any atom is 0.261 e. The van der Waals surface area contributed by atoms with Crippen molar-refractivity contribution in [2.75, 3.05) is 39.4 Å². The van der Waals surface area contributed by atoms with Gasteiger partial charge < -0.3 is 14.6 Å². The predicted molar refractivity (Wildman–Crippen MR) is 63.0 cm³/mol. The van der Waals surface area contributed by atoms with Crippen molar-refractivity contribution in [1.29, 1.82) is 0 Å². The van der Waals surface area contributed by atoms with Crippen molar-refractivity contribution < 1.29 is 18.0 Å². The minimum absolute atomic E-state index is 0.166.